The molecule has 0 radical (unpaired) electrons. The lowest BCUT2D eigenvalue weighted by molar-refractivity contribution is 0.102. The molecule has 5 heteroatoms. The van der Waals surface area contributed by atoms with Gasteiger partial charge in [0, 0.05) is 17.3 Å². The molecule has 0 aliphatic rings. The summed E-state index contributed by atoms with van der Waals surface area (Å²) in [5.74, 6) is -0.368. The standard InChI is InChI=1S/C19H18FN3O/c1-13-5-3-6-15(9-13)12-23-14(2)10-18(22-23)21-19(24)16-7-4-8-17(20)11-16/h3-11H,12H2,1-2H3,(H,21,22,24). The Hall–Kier alpha value is -2.95. The van der Waals surface area contributed by atoms with Gasteiger partial charge in [0.05, 0.1) is 6.54 Å². The van der Waals surface area contributed by atoms with E-state index in [1.807, 2.05) is 36.7 Å². The molecule has 3 aromatic rings. The van der Waals surface area contributed by atoms with Crippen molar-refractivity contribution in [2.45, 2.75) is 20.4 Å². The summed E-state index contributed by atoms with van der Waals surface area (Å²) in [5, 5.41) is 7.12. The molecular formula is C19H18FN3O. The van der Waals surface area contributed by atoms with Crippen molar-refractivity contribution in [1.29, 1.82) is 0 Å². The molecule has 0 aliphatic heterocycles. The lowest BCUT2D eigenvalue weighted by Gasteiger charge is -2.05. The van der Waals surface area contributed by atoms with E-state index >= 15 is 0 Å². The molecule has 0 saturated heterocycles. The van der Waals surface area contributed by atoms with E-state index in [9.17, 15) is 9.18 Å². The monoisotopic (exact) mass is 323 g/mol. The highest BCUT2D eigenvalue weighted by molar-refractivity contribution is 6.03. The summed E-state index contributed by atoms with van der Waals surface area (Å²) in [6.45, 7) is 4.61. The summed E-state index contributed by atoms with van der Waals surface area (Å²) in [5.41, 5.74) is 3.54. The zero-order valence-corrected chi connectivity index (χ0v) is 13.6. The Morgan fingerprint density at radius 2 is 1.92 bits per heavy atom. The predicted octanol–water partition coefficient (Wildman–Crippen LogP) is 3.94. The average molecular weight is 323 g/mol. The smallest absolute Gasteiger partial charge is 0.256 e. The number of aryl methyl sites for hydroxylation is 2. The summed E-state index contributed by atoms with van der Waals surface area (Å²) in [7, 11) is 0. The van der Waals surface area contributed by atoms with Crippen molar-refractivity contribution in [1.82, 2.24) is 9.78 Å². The number of hydrogen-bond acceptors (Lipinski definition) is 2. The van der Waals surface area contributed by atoms with Gasteiger partial charge in [-0.3, -0.25) is 9.48 Å². The van der Waals surface area contributed by atoms with E-state index < -0.39 is 5.82 Å². The van der Waals surface area contributed by atoms with Crippen molar-refractivity contribution in [2.24, 2.45) is 0 Å². The highest BCUT2D eigenvalue weighted by Gasteiger charge is 2.11. The van der Waals surface area contributed by atoms with Crippen molar-refractivity contribution >= 4 is 11.7 Å². The van der Waals surface area contributed by atoms with Gasteiger partial charge in [-0.25, -0.2) is 4.39 Å². The molecule has 24 heavy (non-hydrogen) atoms. The number of nitrogens with one attached hydrogen (secondary N) is 1. The Kier molecular flexibility index (Phi) is 4.42. The zero-order chi connectivity index (χ0) is 17.1. The van der Waals surface area contributed by atoms with Crippen molar-refractivity contribution < 1.29 is 9.18 Å². The molecule has 0 saturated carbocycles. The Morgan fingerprint density at radius 3 is 2.67 bits per heavy atom. The number of carbonyl (C=O) groups is 1. The van der Waals surface area contributed by atoms with E-state index in [2.05, 4.69) is 16.5 Å². The molecule has 3 rings (SSSR count). The predicted molar refractivity (Wildman–Crippen MR) is 91.6 cm³/mol. The van der Waals surface area contributed by atoms with Crippen LogP contribution in [-0.2, 0) is 6.54 Å². The first-order valence-electron chi connectivity index (χ1n) is 7.68. The number of anilines is 1. The fourth-order valence-electron chi connectivity index (χ4n) is 2.53. The average Bonchev–Trinajstić information content (AvgIpc) is 2.87. The minimum Gasteiger partial charge on any atom is -0.305 e. The fraction of sp³-hybridized carbons (Fsp3) is 0.158. The quantitative estimate of drug-likeness (QED) is 0.790. The van der Waals surface area contributed by atoms with E-state index in [1.54, 1.807) is 12.1 Å². The van der Waals surface area contributed by atoms with Crippen molar-refractivity contribution in [2.75, 3.05) is 5.32 Å². The van der Waals surface area contributed by atoms with Crippen LogP contribution in [0.3, 0.4) is 0 Å². The SMILES string of the molecule is Cc1cccc(Cn2nc(NC(=O)c3cccc(F)c3)cc2C)c1. The summed E-state index contributed by atoms with van der Waals surface area (Å²) in [6, 6.07) is 15.6. The van der Waals surface area contributed by atoms with Crippen LogP contribution < -0.4 is 5.32 Å². The summed E-state index contributed by atoms with van der Waals surface area (Å²) >= 11 is 0. The fourth-order valence-corrected chi connectivity index (χ4v) is 2.53. The molecule has 0 unspecified atom stereocenters. The third kappa shape index (κ3) is 3.68. The molecule has 1 N–H and O–H groups in total. The molecule has 0 bridgehead atoms. The molecule has 0 atom stereocenters. The van der Waals surface area contributed by atoms with E-state index in [4.69, 9.17) is 0 Å². The van der Waals surface area contributed by atoms with Gasteiger partial charge in [0.15, 0.2) is 5.82 Å². The molecule has 0 spiro atoms. The first kappa shape index (κ1) is 15.9. The maximum Gasteiger partial charge on any atom is 0.256 e. The molecule has 1 heterocycles. The minimum absolute atomic E-state index is 0.265. The van der Waals surface area contributed by atoms with Crippen LogP contribution >= 0.6 is 0 Å². The van der Waals surface area contributed by atoms with Crippen LogP contribution in [0.15, 0.2) is 54.6 Å². The Morgan fingerprint density at radius 1 is 1.12 bits per heavy atom. The number of carbonyl (C=O) groups excluding carboxylic acids is 1. The van der Waals surface area contributed by atoms with Gasteiger partial charge >= 0.3 is 0 Å². The summed E-state index contributed by atoms with van der Waals surface area (Å²) in [6.07, 6.45) is 0. The number of hydrogen-bond donors (Lipinski definition) is 1. The van der Waals surface area contributed by atoms with E-state index in [0.717, 1.165) is 11.3 Å². The maximum atomic E-state index is 13.2. The Balaban J connectivity index is 1.75. The molecule has 2 aromatic carbocycles. The lowest BCUT2D eigenvalue weighted by atomic mass is 10.1. The largest absolute Gasteiger partial charge is 0.305 e. The zero-order valence-electron chi connectivity index (χ0n) is 13.6. The van der Waals surface area contributed by atoms with Crippen molar-refractivity contribution in [3.63, 3.8) is 0 Å². The van der Waals surface area contributed by atoms with Crippen LogP contribution in [-0.4, -0.2) is 15.7 Å². The van der Waals surface area contributed by atoms with E-state index in [0.29, 0.717) is 12.4 Å². The van der Waals surface area contributed by atoms with Crippen molar-refractivity contribution in [3.8, 4) is 0 Å². The van der Waals surface area contributed by atoms with Crippen LogP contribution in [0.4, 0.5) is 10.2 Å². The highest BCUT2D eigenvalue weighted by atomic mass is 19.1. The van der Waals surface area contributed by atoms with Crippen LogP contribution in [0.1, 0.15) is 27.2 Å². The van der Waals surface area contributed by atoms with Crippen LogP contribution in [0.5, 0.6) is 0 Å². The Labute approximate surface area is 139 Å². The second-order valence-electron chi connectivity index (χ2n) is 5.78. The van der Waals surface area contributed by atoms with Crippen molar-refractivity contribution in [3.05, 3.63) is 82.8 Å². The van der Waals surface area contributed by atoms with Gasteiger partial charge in [0.25, 0.3) is 5.91 Å². The van der Waals surface area contributed by atoms with Gasteiger partial charge in [-0.15, -0.1) is 0 Å². The first-order valence-corrected chi connectivity index (χ1v) is 7.68. The van der Waals surface area contributed by atoms with Gasteiger partial charge in [0.2, 0.25) is 0 Å². The number of amides is 1. The molecular weight excluding hydrogens is 305 g/mol. The normalized spacial score (nSPS) is 10.6. The number of aromatic nitrogens is 2. The Bertz CT molecular complexity index is 886. The highest BCUT2D eigenvalue weighted by Crippen LogP contribution is 2.14. The molecule has 0 fully saturated rings. The topological polar surface area (TPSA) is 46.9 Å². The van der Waals surface area contributed by atoms with Crippen LogP contribution in [0.25, 0.3) is 0 Å². The lowest BCUT2D eigenvalue weighted by Crippen LogP contribution is -2.13. The number of halogens is 1. The first-order chi connectivity index (χ1) is 11.5. The third-order valence-electron chi connectivity index (χ3n) is 3.72. The third-order valence-corrected chi connectivity index (χ3v) is 3.72. The molecule has 1 aromatic heterocycles. The molecule has 0 aliphatic carbocycles. The van der Waals surface area contributed by atoms with Gasteiger partial charge in [0.1, 0.15) is 5.82 Å². The molecule has 4 nitrogen and oxygen atoms in total. The van der Waals surface area contributed by atoms with Gasteiger partial charge in [-0.1, -0.05) is 35.9 Å². The number of rotatable bonds is 4. The van der Waals surface area contributed by atoms with Crippen LogP contribution in [0, 0.1) is 19.7 Å². The van der Waals surface area contributed by atoms with Crippen LogP contribution in [0.2, 0.25) is 0 Å². The summed E-state index contributed by atoms with van der Waals surface area (Å²) in [4.78, 5) is 12.2. The van der Waals surface area contributed by atoms with E-state index in [-0.39, 0.29) is 11.5 Å². The van der Waals surface area contributed by atoms with Gasteiger partial charge in [-0.05, 0) is 37.6 Å². The molecule has 122 valence electrons. The van der Waals surface area contributed by atoms with Gasteiger partial charge < -0.3 is 5.32 Å². The maximum absolute atomic E-state index is 13.2. The van der Waals surface area contributed by atoms with Gasteiger partial charge in [-0.2, -0.15) is 5.10 Å². The molecule has 1 amide bonds. The second kappa shape index (κ2) is 6.66. The number of nitrogens with zero attached hydrogens (tertiary/aromatic N) is 2. The summed E-state index contributed by atoms with van der Waals surface area (Å²) < 4.78 is 15.0. The second-order valence-corrected chi connectivity index (χ2v) is 5.78. The van der Waals surface area contributed by atoms with E-state index in [1.165, 1.54) is 23.8 Å². The minimum atomic E-state index is -0.441. The number of benzene rings is 2.